The Morgan fingerprint density at radius 1 is 0.913 bits per heavy atom. The molecule has 4 nitrogen and oxygen atoms in total. The molecule has 0 aliphatic heterocycles. The van der Waals surface area contributed by atoms with Crippen molar-refractivity contribution in [3.63, 3.8) is 0 Å². The van der Waals surface area contributed by atoms with Crippen LogP contribution in [0.25, 0.3) is 0 Å². The van der Waals surface area contributed by atoms with E-state index in [0.29, 0.717) is 11.3 Å². The van der Waals surface area contributed by atoms with E-state index in [9.17, 15) is 9.59 Å². The Balaban J connectivity index is 2.01. The van der Waals surface area contributed by atoms with Crippen LogP contribution in [0.3, 0.4) is 0 Å². The highest BCUT2D eigenvalue weighted by Gasteiger charge is 2.25. The summed E-state index contributed by atoms with van der Waals surface area (Å²) < 4.78 is 5.68. The fourth-order valence-corrected chi connectivity index (χ4v) is 2.34. The molecule has 0 saturated carbocycles. The van der Waals surface area contributed by atoms with Crippen molar-refractivity contribution >= 4 is 11.8 Å². The van der Waals surface area contributed by atoms with Gasteiger partial charge in [-0.05, 0) is 41.8 Å². The summed E-state index contributed by atoms with van der Waals surface area (Å²) in [6, 6.07) is 16.3. The minimum atomic E-state index is -0.894. The average molecular weight is 312 g/mol. The number of hydrogen-bond donors (Lipinski definition) is 1. The highest BCUT2D eigenvalue weighted by Crippen LogP contribution is 2.28. The van der Waals surface area contributed by atoms with Gasteiger partial charge in [0, 0.05) is 12.0 Å². The molecule has 0 atom stereocenters. The van der Waals surface area contributed by atoms with Crippen molar-refractivity contribution in [1.82, 2.24) is 0 Å². The molecule has 0 aliphatic rings. The number of hydrogen-bond acceptors (Lipinski definition) is 3. The van der Waals surface area contributed by atoms with Crippen LogP contribution in [0.4, 0.5) is 0 Å². The van der Waals surface area contributed by atoms with E-state index >= 15 is 0 Å². The van der Waals surface area contributed by atoms with E-state index in [1.165, 1.54) is 0 Å². The summed E-state index contributed by atoms with van der Waals surface area (Å²) in [4.78, 5) is 23.1. The van der Waals surface area contributed by atoms with Crippen LogP contribution in [0.2, 0.25) is 0 Å². The van der Waals surface area contributed by atoms with Crippen molar-refractivity contribution in [2.45, 2.75) is 26.7 Å². The van der Waals surface area contributed by atoms with Gasteiger partial charge in [-0.3, -0.25) is 9.59 Å². The molecule has 2 aromatic carbocycles. The maximum Gasteiger partial charge on any atom is 0.303 e. The number of carboxylic acid groups (broad SMARTS) is 1. The van der Waals surface area contributed by atoms with E-state index in [4.69, 9.17) is 9.84 Å². The number of aliphatic carboxylic acids is 1. The summed E-state index contributed by atoms with van der Waals surface area (Å²) >= 11 is 0. The van der Waals surface area contributed by atoms with Crippen LogP contribution in [-0.4, -0.2) is 16.9 Å². The topological polar surface area (TPSA) is 63.6 Å². The molecule has 23 heavy (non-hydrogen) atoms. The molecule has 0 radical (unpaired) electrons. The first-order chi connectivity index (χ1) is 10.9. The first kappa shape index (κ1) is 16.7. The van der Waals surface area contributed by atoms with E-state index in [0.717, 1.165) is 5.75 Å². The van der Waals surface area contributed by atoms with Crippen LogP contribution in [0, 0.1) is 5.41 Å². The average Bonchev–Trinajstić information content (AvgIpc) is 2.47. The predicted octanol–water partition coefficient (Wildman–Crippen LogP) is 4.55. The molecule has 0 bridgehead atoms. The molecule has 0 amide bonds. The highest BCUT2D eigenvalue weighted by atomic mass is 16.5. The molecule has 0 fully saturated rings. The van der Waals surface area contributed by atoms with Crippen LogP contribution in [0.5, 0.6) is 11.5 Å². The molecule has 0 unspecified atom stereocenters. The Hall–Kier alpha value is -2.62. The number of rotatable bonds is 7. The third-order valence-corrected chi connectivity index (χ3v) is 3.42. The van der Waals surface area contributed by atoms with Gasteiger partial charge in [-0.25, -0.2) is 0 Å². The molecular formula is C19H20O4. The van der Waals surface area contributed by atoms with Crippen LogP contribution in [0.15, 0.2) is 54.6 Å². The second kappa shape index (κ2) is 7.09. The minimum absolute atomic E-state index is 0.0338. The van der Waals surface area contributed by atoms with Gasteiger partial charge >= 0.3 is 5.97 Å². The smallest absolute Gasteiger partial charge is 0.303 e. The van der Waals surface area contributed by atoms with Gasteiger partial charge in [-0.1, -0.05) is 32.0 Å². The van der Waals surface area contributed by atoms with Crippen LogP contribution >= 0.6 is 0 Å². The van der Waals surface area contributed by atoms with Gasteiger partial charge in [0.1, 0.15) is 11.5 Å². The van der Waals surface area contributed by atoms with E-state index in [2.05, 4.69) is 0 Å². The Bertz CT molecular complexity index is 672. The normalized spacial score (nSPS) is 11.0. The van der Waals surface area contributed by atoms with Crippen molar-refractivity contribution in [1.29, 1.82) is 0 Å². The molecule has 2 aromatic rings. The molecule has 0 aromatic heterocycles. The number of carbonyl (C=O) groups is 2. The SMILES string of the molecule is CC(C)(CC(=O)O)CC(=O)c1ccc(Oc2ccccc2)cc1. The van der Waals surface area contributed by atoms with Crippen molar-refractivity contribution in [3.05, 3.63) is 60.2 Å². The highest BCUT2D eigenvalue weighted by molar-refractivity contribution is 5.96. The second-order valence-corrected chi connectivity index (χ2v) is 6.27. The van der Waals surface area contributed by atoms with Crippen molar-refractivity contribution < 1.29 is 19.4 Å². The molecule has 0 spiro atoms. The number of para-hydroxylation sites is 1. The summed E-state index contributed by atoms with van der Waals surface area (Å²) in [7, 11) is 0. The zero-order chi connectivity index (χ0) is 16.9. The third kappa shape index (κ3) is 5.25. The van der Waals surface area contributed by atoms with Crippen LogP contribution in [-0.2, 0) is 4.79 Å². The number of ketones is 1. The van der Waals surface area contributed by atoms with E-state index in [-0.39, 0.29) is 18.6 Å². The molecular weight excluding hydrogens is 292 g/mol. The van der Waals surface area contributed by atoms with Crippen molar-refractivity contribution in [2.24, 2.45) is 5.41 Å². The lowest BCUT2D eigenvalue weighted by Crippen LogP contribution is -2.21. The lowest BCUT2D eigenvalue weighted by atomic mass is 9.82. The standard InChI is InChI=1S/C19H20O4/c1-19(2,13-18(21)22)12-17(20)14-8-10-16(11-9-14)23-15-6-4-3-5-7-15/h3-11H,12-13H2,1-2H3,(H,21,22). The zero-order valence-corrected chi connectivity index (χ0v) is 13.3. The van der Waals surface area contributed by atoms with E-state index < -0.39 is 11.4 Å². The quantitative estimate of drug-likeness (QED) is 0.762. The lowest BCUT2D eigenvalue weighted by Gasteiger charge is -2.21. The van der Waals surface area contributed by atoms with E-state index in [1.54, 1.807) is 38.1 Å². The van der Waals surface area contributed by atoms with Gasteiger partial charge in [0.2, 0.25) is 0 Å². The molecule has 120 valence electrons. The number of ether oxygens (including phenoxy) is 1. The Labute approximate surface area is 135 Å². The Morgan fingerprint density at radius 3 is 2.04 bits per heavy atom. The Morgan fingerprint density at radius 2 is 1.48 bits per heavy atom. The number of Topliss-reactive ketones (excluding diaryl/α,β-unsaturated/α-hetero) is 1. The largest absolute Gasteiger partial charge is 0.481 e. The molecule has 1 N–H and O–H groups in total. The zero-order valence-electron chi connectivity index (χ0n) is 13.3. The fraction of sp³-hybridized carbons (Fsp3) is 0.263. The van der Waals surface area contributed by atoms with Gasteiger partial charge in [-0.15, -0.1) is 0 Å². The van der Waals surface area contributed by atoms with Crippen LogP contribution in [0.1, 0.15) is 37.0 Å². The first-order valence-corrected chi connectivity index (χ1v) is 7.44. The molecule has 0 aliphatic carbocycles. The number of carboxylic acids is 1. The lowest BCUT2D eigenvalue weighted by molar-refractivity contribution is -0.139. The third-order valence-electron chi connectivity index (χ3n) is 3.42. The van der Waals surface area contributed by atoms with Gasteiger partial charge in [-0.2, -0.15) is 0 Å². The second-order valence-electron chi connectivity index (χ2n) is 6.27. The fourth-order valence-electron chi connectivity index (χ4n) is 2.34. The van der Waals surface area contributed by atoms with Gasteiger partial charge in [0.05, 0.1) is 6.42 Å². The number of benzene rings is 2. The van der Waals surface area contributed by atoms with Gasteiger partial charge < -0.3 is 9.84 Å². The van der Waals surface area contributed by atoms with Gasteiger partial charge in [0.25, 0.3) is 0 Å². The maximum absolute atomic E-state index is 12.3. The molecule has 0 saturated heterocycles. The summed E-state index contributed by atoms with van der Waals surface area (Å²) in [6.45, 7) is 3.57. The summed E-state index contributed by atoms with van der Waals surface area (Å²) in [6.07, 6.45) is 0.159. The molecule has 0 heterocycles. The Kier molecular flexibility index (Phi) is 5.16. The minimum Gasteiger partial charge on any atom is -0.481 e. The molecule has 4 heteroatoms. The van der Waals surface area contributed by atoms with Gasteiger partial charge in [0.15, 0.2) is 5.78 Å². The number of carbonyl (C=O) groups excluding carboxylic acids is 1. The maximum atomic E-state index is 12.3. The monoisotopic (exact) mass is 312 g/mol. The summed E-state index contributed by atoms with van der Waals surface area (Å²) in [5.41, 5.74) is -0.00819. The van der Waals surface area contributed by atoms with Crippen LogP contribution < -0.4 is 4.74 Å². The first-order valence-electron chi connectivity index (χ1n) is 7.44. The predicted molar refractivity (Wildman–Crippen MR) is 87.9 cm³/mol. The molecule has 2 rings (SSSR count). The summed E-state index contributed by atoms with van der Waals surface area (Å²) in [5.74, 6) is 0.420. The summed E-state index contributed by atoms with van der Waals surface area (Å²) in [5, 5.41) is 8.88. The van der Waals surface area contributed by atoms with Crippen molar-refractivity contribution in [3.8, 4) is 11.5 Å². The van der Waals surface area contributed by atoms with Crippen molar-refractivity contribution in [2.75, 3.05) is 0 Å². The van der Waals surface area contributed by atoms with E-state index in [1.807, 2.05) is 30.3 Å².